The number of benzene rings is 2. The smallest absolute Gasteiger partial charge is 0.341 e. The van der Waals surface area contributed by atoms with Gasteiger partial charge < -0.3 is 14.6 Å². The predicted molar refractivity (Wildman–Crippen MR) is 143 cm³/mol. The van der Waals surface area contributed by atoms with Crippen LogP contribution in [0.5, 0.6) is 0 Å². The summed E-state index contributed by atoms with van der Waals surface area (Å²) in [5, 5.41) is 11.6. The van der Waals surface area contributed by atoms with Crippen LogP contribution in [0.4, 0.5) is 5.00 Å². The fourth-order valence-electron chi connectivity index (χ4n) is 3.36. The summed E-state index contributed by atoms with van der Waals surface area (Å²) in [4.78, 5) is 26.3. The van der Waals surface area contributed by atoms with Crippen LogP contribution in [0.2, 0.25) is 0 Å². The Kier molecular flexibility index (Phi) is 8.41. The normalized spacial score (nSPS) is 11.3. The number of amides is 1. The Morgan fingerprint density at radius 3 is 2.41 bits per heavy atom. The maximum atomic E-state index is 12.8. The summed E-state index contributed by atoms with van der Waals surface area (Å²) >= 11 is 2.40. The summed E-state index contributed by atoms with van der Waals surface area (Å²) in [6.45, 7) is 1.94. The Bertz CT molecular complexity index is 1500. The van der Waals surface area contributed by atoms with Crippen molar-refractivity contribution in [3.05, 3.63) is 78.1 Å². The molecule has 1 N–H and O–H groups in total. The zero-order valence-electron chi connectivity index (χ0n) is 20.1. The van der Waals surface area contributed by atoms with Gasteiger partial charge in [-0.2, -0.15) is 0 Å². The second-order valence-corrected chi connectivity index (χ2v) is 11.8. The van der Waals surface area contributed by atoms with E-state index in [-0.39, 0.29) is 40.3 Å². The second kappa shape index (κ2) is 11.7. The minimum atomic E-state index is -3.59. The first-order valence-corrected chi connectivity index (χ1v) is 14.7. The maximum absolute atomic E-state index is 12.8. The van der Waals surface area contributed by atoms with E-state index in [1.165, 1.54) is 23.5 Å². The van der Waals surface area contributed by atoms with Crippen LogP contribution in [0.25, 0.3) is 10.4 Å². The van der Waals surface area contributed by atoms with Crippen LogP contribution in [-0.2, 0) is 32.2 Å². The van der Waals surface area contributed by atoms with Gasteiger partial charge >= 0.3 is 5.97 Å². The van der Waals surface area contributed by atoms with Gasteiger partial charge in [-0.15, -0.1) is 21.5 Å². The molecule has 1 amide bonds. The molecular weight excluding hydrogens is 532 g/mol. The Hall–Kier alpha value is -3.48. The van der Waals surface area contributed by atoms with E-state index in [2.05, 4.69) is 15.5 Å². The van der Waals surface area contributed by atoms with Gasteiger partial charge in [0.2, 0.25) is 5.91 Å². The summed E-state index contributed by atoms with van der Waals surface area (Å²) in [7, 11) is -1.93. The van der Waals surface area contributed by atoms with Crippen molar-refractivity contribution in [3.8, 4) is 10.4 Å². The number of anilines is 1. The molecule has 2 aromatic heterocycles. The Morgan fingerprint density at radius 2 is 1.73 bits per heavy atom. The van der Waals surface area contributed by atoms with Crippen LogP contribution in [0, 0.1) is 0 Å². The first-order valence-electron chi connectivity index (χ1n) is 11.2. The molecule has 9 nitrogen and oxygen atoms in total. The van der Waals surface area contributed by atoms with E-state index in [0.29, 0.717) is 10.2 Å². The number of thioether (sulfide) groups is 1. The Balaban J connectivity index is 1.44. The molecule has 2 aromatic carbocycles. The standard InChI is InChI=1S/C25H24N4O5S3/c1-3-34-24(31)19-14-20(17-10-6-4-7-11-17)36-23(19)26-22(30)15-35-25-28-27-21(29(25)2)16-37(32,33)18-12-8-5-9-13-18/h4-14H,3,15-16H2,1-2H3,(H,26,30). The van der Waals surface area contributed by atoms with Gasteiger partial charge in [0.15, 0.2) is 15.0 Å². The van der Waals surface area contributed by atoms with Crippen molar-refractivity contribution in [2.75, 3.05) is 17.7 Å². The highest BCUT2D eigenvalue weighted by Gasteiger charge is 2.22. The lowest BCUT2D eigenvalue weighted by atomic mass is 10.1. The molecule has 12 heteroatoms. The average molecular weight is 557 g/mol. The number of nitrogens with zero attached hydrogens (tertiary/aromatic N) is 3. The second-order valence-electron chi connectivity index (χ2n) is 7.81. The number of ether oxygens (including phenoxy) is 1. The van der Waals surface area contributed by atoms with E-state index in [9.17, 15) is 18.0 Å². The molecule has 0 fully saturated rings. The number of carbonyl (C=O) groups is 2. The number of sulfone groups is 1. The molecule has 0 spiro atoms. The zero-order chi connectivity index (χ0) is 26.4. The monoisotopic (exact) mass is 556 g/mol. The molecule has 2 heterocycles. The molecule has 0 unspecified atom stereocenters. The van der Waals surface area contributed by atoms with E-state index in [0.717, 1.165) is 22.2 Å². The summed E-state index contributed by atoms with van der Waals surface area (Å²) in [5.74, 6) is -0.923. The molecule has 0 aliphatic rings. The largest absolute Gasteiger partial charge is 0.462 e. The maximum Gasteiger partial charge on any atom is 0.341 e. The van der Waals surface area contributed by atoms with E-state index >= 15 is 0 Å². The van der Waals surface area contributed by atoms with Gasteiger partial charge in [0.25, 0.3) is 0 Å². The highest BCUT2D eigenvalue weighted by Crippen LogP contribution is 2.36. The number of nitrogens with one attached hydrogen (secondary N) is 1. The van der Waals surface area contributed by atoms with E-state index < -0.39 is 15.8 Å². The minimum Gasteiger partial charge on any atom is -0.462 e. The lowest BCUT2D eigenvalue weighted by molar-refractivity contribution is -0.113. The Labute approximate surface area is 222 Å². The summed E-state index contributed by atoms with van der Waals surface area (Å²) in [6, 6.07) is 19.4. The van der Waals surface area contributed by atoms with Gasteiger partial charge in [-0.1, -0.05) is 60.3 Å². The van der Waals surface area contributed by atoms with E-state index in [1.54, 1.807) is 42.8 Å². The van der Waals surface area contributed by atoms with Crippen molar-refractivity contribution in [1.29, 1.82) is 0 Å². The van der Waals surface area contributed by atoms with Crippen molar-refractivity contribution in [3.63, 3.8) is 0 Å². The van der Waals surface area contributed by atoms with Crippen molar-refractivity contribution in [1.82, 2.24) is 14.8 Å². The number of carbonyl (C=O) groups excluding carboxylic acids is 2. The molecule has 0 aliphatic carbocycles. The molecule has 0 saturated carbocycles. The van der Waals surface area contributed by atoms with Gasteiger partial charge in [-0.3, -0.25) is 4.79 Å². The SMILES string of the molecule is CCOC(=O)c1cc(-c2ccccc2)sc1NC(=O)CSc1nnc(CS(=O)(=O)c2ccccc2)n1C. The van der Waals surface area contributed by atoms with Gasteiger partial charge in [0.1, 0.15) is 16.6 Å². The van der Waals surface area contributed by atoms with Crippen LogP contribution in [0.15, 0.2) is 76.8 Å². The molecule has 0 aliphatic heterocycles. The first-order chi connectivity index (χ1) is 17.8. The highest BCUT2D eigenvalue weighted by atomic mass is 32.2. The molecule has 37 heavy (non-hydrogen) atoms. The first kappa shape index (κ1) is 26.6. The van der Waals surface area contributed by atoms with E-state index in [4.69, 9.17) is 4.74 Å². The van der Waals surface area contributed by atoms with Crippen LogP contribution in [0.1, 0.15) is 23.1 Å². The third-order valence-electron chi connectivity index (χ3n) is 5.22. The predicted octanol–water partition coefficient (Wildman–Crippen LogP) is 4.43. The third kappa shape index (κ3) is 6.45. The topological polar surface area (TPSA) is 120 Å². The number of hydrogen-bond donors (Lipinski definition) is 1. The highest BCUT2D eigenvalue weighted by molar-refractivity contribution is 7.99. The summed E-state index contributed by atoms with van der Waals surface area (Å²) < 4.78 is 32.1. The van der Waals surface area contributed by atoms with Gasteiger partial charge in [-0.25, -0.2) is 13.2 Å². The minimum absolute atomic E-state index is 0.0156. The van der Waals surface area contributed by atoms with Gasteiger partial charge in [-0.05, 0) is 30.7 Å². The van der Waals surface area contributed by atoms with Crippen LogP contribution in [-0.4, -0.2) is 47.4 Å². The number of thiophene rings is 1. The molecular formula is C25H24N4O5S3. The molecule has 0 saturated heterocycles. The van der Waals surface area contributed by atoms with Gasteiger partial charge in [0.05, 0.1) is 22.8 Å². The number of aromatic nitrogens is 3. The number of rotatable bonds is 10. The summed E-state index contributed by atoms with van der Waals surface area (Å²) in [6.07, 6.45) is 0. The number of esters is 1. The van der Waals surface area contributed by atoms with Crippen molar-refractivity contribution < 1.29 is 22.7 Å². The zero-order valence-corrected chi connectivity index (χ0v) is 22.5. The van der Waals surface area contributed by atoms with E-state index in [1.807, 2.05) is 30.3 Å². The Morgan fingerprint density at radius 1 is 1.05 bits per heavy atom. The quantitative estimate of drug-likeness (QED) is 0.225. The van der Waals surface area contributed by atoms with Crippen molar-refractivity contribution in [2.45, 2.75) is 22.7 Å². The average Bonchev–Trinajstić information content (AvgIpc) is 3.47. The van der Waals surface area contributed by atoms with Crippen molar-refractivity contribution >= 4 is 49.8 Å². The number of hydrogen-bond acceptors (Lipinski definition) is 9. The lowest BCUT2D eigenvalue weighted by Gasteiger charge is -2.07. The summed E-state index contributed by atoms with van der Waals surface area (Å²) in [5.41, 5.74) is 1.21. The van der Waals surface area contributed by atoms with Gasteiger partial charge in [0, 0.05) is 11.9 Å². The fraction of sp³-hybridized carbons (Fsp3) is 0.200. The third-order valence-corrected chi connectivity index (χ3v) is 8.97. The molecule has 0 atom stereocenters. The van der Waals surface area contributed by atoms with Crippen LogP contribution >= 0.6 is 23.1 Å². The molecule has 192 valence electrons. The lowest BCUT2D eigenvalue weighted by Crippen LogP contribution is -2.16. The molecule has 0 bridgehead atoms. The molecule has 4 rings (SSSR count). The molecule has 0 radical (unpaired) electrons. The van der Waals surface area contributed by atoms with Crippen molar-refractivity contribution in [2.24, 2.45) is 7.05 Å². The fourth-order valence-corrected chi connectivity index (χ4v) is 6.49. The van der Waals surface area contributed by atoms with Crippen LogP contribution < -0.4 is 5.32 Å². The van der Waals surface area contributed by atoms with Crippen LogP contribution in [0.3, 0.4) is 0 Å². The molecule has 4 aromatic rings.